The number of nitrogens with two attached hydrogens (primary N) is 1. The standard InChI is InChI=1S/C10H22N2S/c1-4-9(5-2)7-12(6-3)8-10(11)13/h9H,4-8H2,1-3H3,(H2,11,13). The van der Waals surface area contributed by atoms with Crippen molar-refractivity contribution in [3.05, 3.63) is 0 Å². The Bertz CT molecular complexity index is 144. The van der Waals surface area contributed by atoms with Gasteiger partial charge in [-0.3, -0.25) is 4.90 Å². The van der Waals surface area contributed by atoms with E-state index in [4.69, 9.17) is 18.0 Å². The molecular weight excluding hydrogens is 180 g/mol. The van der Waals surface area contributed by atoms with Gasteiger partial charge in [0.05, 0.1) is 4.99 Å². The molecule has 0 saturated heterocycles. The van der Waals surface area contributed by atoms with Crippen molar-refractivity contribution in [1.82, 2.24) is 4.90 Å². The molecule has 0 amide bonds. The third-order valence-electron chi connectivity index (χ3n) is 2.50. The Morgan fingerprint density at radius 2 is 1.85 bits per heavy atom. The highest BCUT2D eigenvalue weighted by atomic mass is 32.1. The molecule has 0 aliphatic carbocycles. The van der Waals surface area contributed by atoms with Gasteiger partial charge in [-0.1, -0.05) is 45.8 Å². The van der Waals surface area contributed by atoms with Crippen molar-refractivity contribution in [2.45, 2.75) is 33.6 Å². The molecule has 13 heavy (non-hydrogen) atoms. The Morgan fingerprint density at radius 3 is 2.15 bits per heavy atom. The van der Waals surface area contributed by atoms with Crippen LogP contribution in [0.1, 0.15) is 33.6 Å². The molecule has 0 aromatic heterocycles. The highest BCUT2D eigenvalue weighted by Crippen LogP contribution is 2.09. The summed E-state index contributed by atoms with van der Waals surface area (Å²) >= 11 is 4.90. The van der Waals surface area contributed by atoms with Gasteiger partial charge in [0.15, 0.2) is 0 Å². The average Bonchev–Trinajstić information content (AvgIpc) is 2.11. The lowest BCUT2D eigenvalue weighted by Crippen LogP contribution is -2.36. The topological polar surface area (TPSA) is 29.3 Å². The number of hydrogen-bond acceptors (Lipinski definition) is 2. The van der Waals surface area contributed by atoms with Gasteiger partial charge in [-0.2, -0.15) is 0 Å². The molecule has 0 saturated carbocycles. The summed E-state index contributed by atoms with van der Waals surface area (Å²) in [6.45, 7) is 9.56. The molecule has 2 N–H and O–H groups in total. The maximum Gasteiger partial charge on any atom is 0.0870 e. The molecule has 0 fully saturated rings. The van der Waals surface area contributed by atoms with E-state index in [9.17, 15) is 0 Å². The molecule has 3 heteroatoms. The molecular formula is C10H22N2S. The van der Waals surface area contributed by atoms with E-state index in [1.807, 2.05) is 0 Å². The van der Waals surface area contributed by atoms with Crippen LogP contribution in [0.15, 0.2) is 0 Å². The predicted molar refractivity (Wildman–Crippen MR) is 63.0 cm³/mol. The first-order chi connectivity index (χ1) is 6.13. The second kappa shape index (κ2) is 7.27. The van der Waals surface area contributed by atoms with Gasteiger partial charge in [-0.15, -0.1) is 0 Å². The second-order valence-corrected chi connectivity index (χ2v) is 4.00. The summed E-state index contributed by atoms with van der Waals surface area (Å²) in [5.41, 5.74) is 5.52. The fourth-order valence-electron chi connectivity index (χ4n) is 1.44. The van der Waals surface area contributed by atoms with Crippen LogP contribution in [0, 0.1) is 5.92 Å². The smallest absolute Gasteiger partial charge is 0.0870 e. The summed E-state index contributed by atoms with van der Waals surface area (Å²) < 4.78 is 0. The highest BCUT2D eigenvalue weighted by Gasteiger charge is 2.09. The largest absolute Gasteiger partial charge is 0.392 e. The molecule has 0 aliphatic heterocycles. The predicted octanol–water partition coefficient (Wildman–Crippen LogP) is 2.03. The van der Waals surface area contributed by atoms with Crippen molar-refractivity contribution in [1.29, 1.82) is 0 Å². The molecule has 0 aromatic carbocycles. The van der Waals surface area contributed by atoms with Crippen molar-refractivity contribution in [2.24, 2.45) is 11.7 Å². The van der Waals surface area contributed by atoms with Gasteiger partial charge in [0, 0.05) is 13.1 Å². The van der Waals surface area contributed by atoms with Crippen molar-refractivity contribution in [3.63, 3.8) is 0 Å². The van der Waals surface area contributed by atoms with Crippen LogP contribution >= 0.6 is 12.2 Å². The van der Waals surface area contributed by atoms with Gasteiger partial charge in [0.2, 0.25) is 0 Å². The minimum Gasteiger partial charge on any atom is -0.392 e. The van der Waals surface area contributed by atoms with Crippen molar-refractivity contribution >= 4 is 17.2 Å². The highest BCUT2D eigenvalue weighted by molar-refractivity contribution is 7.80. The fourth-order valence-corrected chi connectivity index (χ4v) is 1.62. The molecule has 2 nitrogen and oxygen atoms in total. The molecule has 0 aromatic rings. The van der Waals surface area contributed by atoms with Crippen molar-refractivity contribution < 1.29 is 0 Å². The first-order valence-corrected chi connectivity index (χ1v) is 5.55. The Morgan fingerprint density at radius 1 is 1.31 bits per heavy atom. The van der Waals surface area contributed by atoms with Crippen molar-refractivity contribution in [2.75, 3.05) is 19.6 Å². The van der Waals surface area contributed by atoms with Crippen LogP contribution < -0.4 is 5.73 Å². The van der Waals surface area contributed by atoms with Gasteiger partial charge in [-0.25, -0.2) is 0 Å². The maximum atomic E-state index is 5.52. The molecule has 78 valence electrons. The van der Waals surface area contributed by atoms with Crippen LogP contribution in [0.3, 0.4) is 0 Å². The number of nitrogens with zero attached hydrogens (tertiary/aromatic N) is 1. The molecule has 0 spiro atoms. The molecule has 0 atom stereocenters. The van der Waals surface area contributed by atoms with Crippen LogP contribution in [0.4, 0.5) is 0 Å². The van der Waals surface area contributed by atoms with E-state index >= 15 is 0 Å². The van der Waals surface area contributed by atoms with E-state index in [1.54, 1.807) is 0 Å². The van der Waals surface area contributed by atoms with Gasteiger partial charge >= 0.3 is 0 Å². The van der Waals surface area contributed by atoms with Crippen LogP contribution in [-0.4, -0.2) is 29.5 Å². The number of hydrogen-bond donors (Lipinski definition) is 1. The van der Waals surface area contributed by atoms with E-state index in [0.717, 1.165) is 25.6 Å². The molecule has 0 aliphatic rings. The molecule has 0 rings (SSSR count). The van der Waals surface area contributed by atoms with Gasteiger partial charge in [0.1, 0.15) is 0 Å². The fraction of sp³-hybridized carbons (Fsp3) is 0.900. The number of likely N-dealkylation sites (N-methyl/N-ethyl adjacent to an activating group) is 1. The lowest BCUT2D eigenvalue weighted by atomic mass is 10.0. The van der Waals surface area contributed by atoms with E-state index < -0.39 is 0 Å². The minimum atomic E-state index is 0.604. The second-order valence-electron chi connectivity index (χ2n) is 3.48. The first kappa shape index (κ1) is 12.8. The van der Waals surface area contributed by atoms with Gasteiger partial charge < -0.3 is 5.73 Å². The average molecular weight is 202 g/mol. The SMILES string of the molecule is CCC(CC)CN(CC)CC(N)=S. The summed E-state index contributed by atoms with van der Waals surface area (Å²) in [5, 5.41) is 0. The summed E-state index contributed by atoms with van der Waals surface area (Å²) in [5.74, 6) is 0.786. The van der Waals surface area contributed by atoms with E-state index in [0.29, 0.717) is 4.99 Å². The third-order valence-corrected chi connectivity index (χ3v) is 2.63. The Labute approximate surface area is 87.5 Å². The van der Waals surface area contributed by atoms with Gasteiger partial charge in [0.25, 0.3) is 0 Å². The van der Waals surface area contributed by atoms with Crippen LogP contribution in [0.5, 0.6) is 0 Å². The number of thiocarbonyl (C=S) groups is 1. The van der Waals surface area contributed by atoms with E-state index in [1.165, 1.54) is 12.8 Å². The Hall–Kier alpha value is -0.150. The molecule has 0 radical (unpaired) electrons. The normalized spacial score (nSPS) is 11.2. The quantitative estimate of drug-likeness (QED) is 0.641. The van der Waals surface area contributed by atoms with Gasteiger partial charge in [-0.05, 0) is 12.5 Å². The Balaban J connectivity index is 3.87. The van der Waals surface area contributed by atoms with Crippen LogP contribution in [-0.2, 0) is 0 Å². The number of rotatable bonds is 7. The monoisotopic (exact) mass is 202 g/mol. The summed E-state index contributed by atoms with van der Waals surface area (Å²) in [7, 11) is 0. The summed E-state index contributed by atoms with van der Waals surface area (Å²) in [6.07, 6.45) is 2.48. The lowest BCUT2D eigenvalue weighted by Gasteiger charge is -2.24. The summed E-state index contributed by atoms with van der Waals surface area (Å²) in [6, 6.07) is 0. The van der Waals surface area contributed by atoms with E-state index in [-0.39, 0.29) is 0 Å². The third kappa shape index (κ3) is 5.99. The minimum absolute atomic E-state index is 0.604. The summed E-state index contributed by atoms with van der Waals surface area (Å²) in [4.78, 5) is 2.92. The first-order valence-electron chi connectivity index (χ1n) is 5.14. The zero-order valence-electron chi connectivity index (χ0n) is 9.05. The van der Waals surface area contributed by atoms with Crippen molar-refractivity contribution in [3.8, 4) is 0 Å². The molecule has 0 unspecified atom stereocenters. The molecule has 0 bridgehead atoms. The Kier molecular flexibility index (Phi) is 7.19. The lowest BCUT2D eigenvalue weighted by molar-refractivity contribution is 0.262. The van der Waals surface area contributed by atoms with E-state index in [2.05, 4.69) is 25.7 Å². The zero-order valence-corrected chi connectivity index (χ0v) is 9.86. The molecule has 0 heterocycles. The zero-order chi connectivity index (χ0) is 10.3. The van der Waals surface area contributed by atoms with Crippen LogP contribution in [0.25, 0.3) is 0 Å². The van der Waals surface area contributed by atoms with Crippen LogP contribution in [0.2, 0.25) is 0 Å². The maximum absolute atomic E-state index is 5.52.